The van der Waals surface area contributed by atoms with E-state index in [2.05, 4.69) is 20.5 Å². The normalized spacial score (nSPS) is 21.9. The molecule has 12 heteroatoms. The molecule has 0 aliphatic heterocycles. The zero-order valence-electron chi connectivity index (χ0n) is 24.3. The highest BCUT2D eigenvalue weighted by Crippen LogP contribution is 2.40. The zero-order valence-corrected chi connectivity index (χ0v) is 21.3. The number of fused-ring (bicyclic) bond motifs is 1. The fourth-order valence-electron chi connectivity index (χ4n) is 4.37. The van der Waals surface area contributed by atoms with Crippen molar-refractivity contribution >= 4 is 34.7 Å². The summed E-state index contributed by atoms with van der Waals surface area (Å²) < 4.78 is 41.6. The molecule has 0 atom stereocenters. The van der Waals surface area contributed by atoms with Gasteiger partial charge in [0, 0.05) is 35.9 Å². The zero-order chi connectivity index (χ0) is 28.8. The molecule has 0 aromatic carbocycles. The van der Waals surface area contributed by atoms with Gasteiger partial charge < -0.3 is 19.5 Å². The van der Waals surface area contributed by atoms with Crippen LogP contribution >= 0.6 is 0 Å². The van der Waals surface area contributed by atoms with Crippen molar-refractivity contribution in [1.29, 1.82) is 0 Å². The molecule has 3 aromatic heterocycles. The standard InChI is InChI=1S/C24H33N7O5/c1-14-12-17(29-31(14)22(33)36-23(2,3)4)26-19-16-13-25-30(5)20(16)28-18(27-19)15-8-10-24(35-7,11-9-15)21(32)34-6/h12-13,15H,8-11H2,1-7H3,(H,26,27,28,29)/i5D3. The van der Waals surface area contributed by atoms with Crippen LogP contribution in [0.15, 0.2) is 12.3 Å². The van der Waals surface area contributed by atoms with Gasteiger partial charge in [-0.05, 0) is 53.4 Å². The molecule has 0 amide bonds. The Bertz CT molecular complexity index is 1390. The molecule has 0 radical (unpaired) electrons. The second-order valence-corrected chi connectivity index (χ2v) is 9.88. The molecule has 1 fully saturated rings. The van der Waals surface area contributed by atoms with Crippen molar-refractivity contribution in [3.05, 3.63) is 23.8 Å². The number of esters is 1. The molecule has 1 aliphatic carbocycles. The number of anilines is 2. The van der Waals surface area contributed by atoms with E-state index >= 15 is 0 Å². The largest absolute Gasteiger partial charge is 0.467 e. The van der Waals surface area contributed by atoms with E-state index in [-0.39, 0.29) is 17.4 Å². The lowest BCUT2D eigenvalue weighted by molar-refractivity contribution is -0.170. The number of methoxy groups -OCH3 is 2. The molecule has 1 aliphatic rings. The highest BCUT2D eigenvalue weighted by molar-refractivity contribution is 5.88. The van der Waals surface area contributed by atoms with E-state index in [1.165, 1.54) is 20.4 Å². The van der Waals surface area contributed by atoms with Crippen molar-refractivity contribution in [2.75, 3.05) is 19.5 Å². The van der Waals surface area contributed by atoms with Gasteiger partial charge in [0.15, 0.2) is 17.1 Å². The molecule has 3 aromatic rings. The molecular formula is C24H33N7O5. The van der Waals surface area contributed by atoms with Gasteiger partial charge in [0.1, 0.15) is 17.2 Å². The molecule has 36 heavy (non-hydrogen) atoms. The van der Waals surface area contributed by atoms with Crippen molar-refractivity contribution in [1.82, 2.24) is 29.5 Å². The van der Waals surface area contributed by atoms with Crippen LogP contribution in [0.4, 0.5) is 16.4 Å². The molecular weight excluding hydrogens is 466 g/mol. The minimum atomic E-state index is -2.57. The maximum absolute atomic E-state index is 12.6. The predicted octanol–water partition coefficient (Wildman–Crippen LogP) is 3.61. The molecule has 12 nitrogen and oxygen atoms in total. The summed E-state index contributed by atoms with van der Waals surface area (Å²) in [6.07, 6.45) is 2.56. The fraction of sp³-hybridized carbons (Fsp3) is 0.583. The molecule has 3 heterocycles. The Hall–Kier alpha value is -3.54. The van der Waals surface area contributed by atoms with Crippen LogP contribution in [0.3, 0.4) is 0 Å². The summed E-state index contributed by atoms with van der Waals surface area (Å²) in [5.74, 6) is 0.380. The van der Waals surface area contributed by atoms with Crippen LogP contribution in [0, 0.1) is 6.92 Å². The maximum Gasteiger partial charge on any atom is 0.435 e. The van der Waals surface area contributed by atoms with Crippen LogP contribution < -0.4 is 5.32 Å². The smallest absolute Gasteiger partial charge is 0.435 e. The first-order chi connectivity index (χ1) is 18.2. The molecule has 1 N–H and O–H groups in total. The highest BCUT2D eigenvalue weighted by atomic mass is 16.6. The summed E-state index contributed by atoms with van der Waals surface area (Å²) in [4.78, 5) is 34.3. The SMILES string of the molecule is [2H]C([2H])([2H])n1ncc2c(Nc3cc(C)n(C(=O)OC(C)(C)C)n3)nc(C3CCC(OC)(C(=O)OC)CC3)nc21. The quantitative estimate of drug-likeness (QED) is 0.515. The van der Waals surface area contributed by atoms with E-state index in [4.69, 9.17) is 23.3 Å². The average molecular weight is 503 g/mol. The van der Waals surface area contributed by atoms with E-state index in [0.29, 0.717) is 48.4 Å². The van der Waals surface area contributed by atoms with Gasteiger partial charge in [0.2, 0.25) is 0 Å². The first-order valence-corrected chi connectivity index (χ1v) is 11.6. The fourth-order valence-corrected chi connectivity index (χ4v) is 4.37. The number of ether oxygens (including phenoxy) is 3. The van der Waals surface area contributed by atoms with E-state index < -0.39 is 30.2 Å². The number of hydrogen-bond acceptors (Lipinski definition) is 10. The van der Waals surface area contributed by atoms with Gasteiger partial charge in [-0.3, -0.25) is 4.68 Å². The summed E-state index contributed by atoms with van der Waals surface area (Å²) in [5, 5.41) is 11.8. The van der Waals surface area contributed by atoms with E-state index in [1.54, 1.807) is 33.8 Å². The third kappa shape index (κ3) is 4.90. The Morgan fingerprint density at radius 1 is 1.22 bits per heavy atom. The van der Waals surface area contributed by atoms with E-state index in [1.807, 2.05) is 0 Å². The summed E-state index contributed by atoms with van der Waals surface area (Å²) in [7, 11) is 2.81. The minimum absolute atomic E-state index is 0.127. The molecule has 0 saturated heterocycles. The van der Waals surface area contributed by atoms with Crippen LogP contribution in [0.25, 0.3) is 11.0 Å². The van der Waals surface area contributed by atoms with Gasteiger partial charge in [0.25, 0.3) is 0 Å². The van der Waals surface area contributed by atoms with Gasteiger partial charge in [-0.15, -0.1) is 5.10 Å². The number of hydrogen-bond donors (Lipinski definition) is 1. The highest BCUT2D eigenvalue weighted by Gasteiger charge is 2.44. The van der Waals surface area contributed by atoms with Gasteiger partial charge in [-0.25, -0.2) is 19.6 Å². The molecule has 194 valence electrons. The topological polar surface area (TPSA) is 135 Å². The van der Waals surface area contributed by atoms with Gasteiger partial charge in [-0.1, -0.05) is 0 Å². The number of rotatable bonds is 5. The molecule has 0 spiro atoms. The van der Waals surface area contributed by atoms with Gasteiger partial charge >= 0.3 is 12.1 Å². The number of nitrogens with one attached hydrogen (secondary N) is 1. The summed E-state index contributed by atoms with van der Waals surface area (Å²) in [6.45, 7) is 4.43. The van der Waals surface area contributed by atoms with E-state index in [0.717, 1.165) is 9.36 Å². The Morgan fingerprint density at radius 3 is 2.56 bits per heavy atom. The van der Waals surface area contributed by atoms with Crippen molar-refractivity contribution in [2.45, 2.75) is 70.5 Å². The van der Waals surface area contributed by atoms with Crippen molar-refractivity contribution < 1.29 is 27.9 Å². The lowest BCUT2D eigenvalue weighted by atomic mass is 9.78. The number of aromatic nitrogens is 6. The lowest BCUT2D eigenvalue weighted by Gasteiger charge is -2.36. The third-order valence-corrected chi connectivity index (χ3v) is 6.25. The summed E-state index contributed by atoms with van der Waals surface area (Å²) in [6, 6.07) is 1.65. The Kier molecular flexibility index (Phi) is 5.73. The number of carbonyl (C=O) groups excluding carboxylic acids is 2. The second kappa shape index (κ2) is 9.49. The molecule has 1 saturated carbocycles. The van der Waals surface area contributed by atoms with Crippen LogP contribution in [0.5, 0.6) is 0 Å². The Balaban J connectivity index is 1.70. The minimum Gasteiger partial charge on any atom is -0.467 e. The van der Waals surface area contributed by atoms with Gasteiger partial charge in [0.05, 0.1) is 18.7 Å². The van der Waals surface area contributed by atoms with Crippen LogP contribution in [-0.4, -0.2) is 67.0 Å². The summed E-state index contributed by atoms with van der Waals surface area (Å²) >= 11 is 0. The van der Waals surface area contributed by atoms with Crippen LogP contribution in [0.1, 0.15) is 68.0 Å². The predicted molar refractivity (Wildman–Crippen MR) is 131 cm³/mol. The van der Waals surface area contributed by atoms with Crippen LogP contribution in [0.2, 0.25) is 0 Å². The average Bonchev–Trinajstić information content (AvgIpc) is 3.46. The molecule has 0 unspecified atom stereocenters. The van der Waals surface area contributed by atoms with Gasteiger partial charge in [-0.2, -0.15) is 9.78 Å². The number of carbonyl (C=O) groups is 2. The first kappa shape index (κ1) is 21.7. The third-order valence-electron chi connectivity index (χ3n) is 6.25. The molecule has 4 rings (SSSR count). The van der Waals surface area contributed by atoms with Crippen LogP contribution in [-0.2, 0) is 26.0 Å². The number of aryl methyl sites for hydroxylation is 2. The van der Waals surface area contributed by atoms with Crippen molar-refractivity contribution in [2.24, 2.45) is 6.98 Å². The Labute approximate surface area is 213 Å². The maximum atomic E-state index is 12.6. The monoisotopic (exact) mass is 502 g/mol. The first-order valence-electron chi connectivity index (χ1n) is 13.1. The number of nitrogens with zero attached hydrogens (tertiary/aromatic N) is 6. The lowest BCUT2D eigenvalue weighted by Crippen LogP contribution is -2.44. The summed E-state index contributed by atoms with van der Waals surface area (Å²) in [5.41, 5.74) is -1.08. The Morgan fingerprint density at radius 2 is 1.94 bits per heavy atom. The van der Waals surface area contributed by atoms with Crippen molar-refractivity contribution in [3.63, 3.8) is 0 Å². The second-order valence-electron chi connectivity index (χ2n) is 9.88. The molecule has 0 bridgehead atoms. The van der Waals surface area contributed by atoms with Crippen molar-refractivity contribution in [3.8, 4) is 0 Å². The van der Waals surface area contributed by atoms with E-state index in [9.17, 15) is 9.59 Å².